The molecule has 27 heavy (non-hydrogen) atoms. The molecule has 0 spiro atoms. The average Bonchev–Trinajstić information content (AvgIpc) is 3.12. The predicted molar refractivity (Wildman–Crippen MR) is 103 cm³/mol. The summed E-state index contributed by atoms with van der Waals surface area (Å²) in [4.78, 5) is 34.4. The summed E-state index contributed by atoms with van der Waals surface area (Å²) in [5, 5.41) is 11.2. The van der Waals surface area contributed by atoms with Gasteiger partial charge >= 0.3 is 0 Å². The van der Waals surface area contributed by atoms with Gasteiger partial charge in [0, 0.05) is 44.0 Å². The van der Waals surface area contributed by atoms with Crippen LogP contribution < -0.4 is 26.8 Å². The lowest BCUT2D eigenvalue weighted by molar-refractivity contribution is -0.114. The Morgan fingerprint density at radius 3 is 2.89 bits per heavy atom. The first-order valence-electron chi connectivity index (χ1n) is 8.46. The van der Waals surface area contributed by atoms with E-state index in [-0.39, 0.29) is 18.0 Å². The van der Waals surface area contributed by atoms with Gasteiger partial charge in [0.25, 0.3) is 5.56 Å². The average molecular weight is 386 g/mol. The van der Waals surface area contributed by atoms with Crippen LogP contribution in [-0.4, -0.2) is 58.2 Å². The molecule has 0 aromatic carbocycles. The summed E-state index contributed by atoms with van der Waals surface area (Å²) in [5.41, 5.74) is 6.29. The summed E-state index contributed by atoms with van der Waals surface area (Å²) < 4.78 is 1.69. The van der Waals surface area contributed by atoms with Crippen LogP contribution in [0.1, 0.15) is 0 Å². The molecule has 140 valence electrons. The van der Waals surface area contributed by atoms with Gasteiger partial charge in [0.1, 0.15) is 10.8 Å². The van der Waals surface area contributed by atoms with E-state index < -0.39 is 0 Å². The molecule has 1 aliphatic rings. The third-order valence-electron chi connectivity index (χ3n) is 4.13. The van der Waals surface area contributed by atoms with Gasteiger partial charge in [-0.15, -0.1) is 0 Å². The number of carbonyl (C=O) groups is 1. The van der Waals surface area contributed by atoms with E-state index in [0.717, 1.165) is 37.6 Å². The van der Waals surface area contributed by atoms with Crippen molar-refractivity contribution in [1.29, 1.82) is 0 Å². The number of rotatable bonds is 4. The normalized spacial score (nSPS) is 14.5. The van der Waals surface area contributed by atoms with Crippen molar-refractivity contribution in [2.75, 3.05) is 42.9 Å². The van der Waals surface area contributed by atoms with Gasteiger partial charge in [-0.25, -0.2) is 0 Å². The Bertz CT molecular complexity index is 1040. The van der Waals surface area contributed by atoms with Gasteiger partial charge in [-0.1, -0.05) is 11.3 Å². The minimum atomic E-state index is -0.300. The Labute approximate surface area is 158 Å². The first kappa shape index (κ1) is 17.5. The molecule has 0 saturated carbocycles. The molecule has 0 bridgehead atoms. The maximum absolute atomic E-state index is 12.0. The van der Waals surface area contributed by atoms with Gasteiger partial charge in [-0.3, -0.25) is 14.6 Å². The molecule has 4 rings (SSSR count). The van der Waals surface area contributed by atoms with Crippen molar-refractivity contribution in [3.05, 3.63) is 34.9 Å². The molecule has 1 saturated heterocycles. The molecule has 11 heteroatoms. The predicted octanol–water partition coefficient (Wildman–Crippen LogP) is -0.480. The second kappa shape index (κ2) is 7.39. The maximum atomic E-state index is 12.0. The first-order chi connectivity index (χ1) is 13.1. The Balaban J connectivity index is 1.74. The second-order valence-corrected chi connectivity index (χ2v) is 6.96. The minimum absolute atomic E-state index is 0.106. The molecule has 0 aliphatic carbocycles. The summed E-state index contributed by atoms with van der Waals surface area (Å²) >= 11 is 1.30. The van der Waals surface area contributed by atoms with Crippen LogP contribution in [0.15, 0.2) is 29.3 Å². The number of nitrogens with zero attached hydrogens (tertiary/aromatic N) is 5. The second-order valence-electron chi connectivity index (χ2n) is 6.01. The zero-order chi connectivity index (χ0) is 18.8. The molecule has 1 fully saturated rings. The van der Waals surface area contributed by atoms with Crippen LogP contribution >= 0.6 is 11.3 Å². The molecule has 1 aliphatic heterocycles. The number of piperazine rings is 1. The molecule has 0 radical (unpaired) electrons. The van der Waals surface area contributed by atoms with Crippen molar-refractivity contribution in [2.45, 2.75) is 0 Å². The van der Waals surface area contributed by atoms with Crippen LogP contribution in [-0.2, 0) is 4.79 Å². The lowest BCUT2D eigenvalue weighted by atomic mass is 10.3. The number of nitrogens with two attached hydrogens (primary N) is 1. The maximum Gasteiger partial charge on any atom is 0.276 e. The number of amides is 1. The smallest absolute Gasteiger partial charge is 0.276 e. The highest BCUT2D eigenvalue weighted by molar-refractivity contribution is 7.19. The number of hydrogen-bond donors (Lipinski definition) is 3. The standard InChI is InChI=1S/C16H18N8O2S/c17-7-13(26)20-11-5-10(8-19-9-11)15-22-24-14(23-3-1-18-2-4-23)6-12(25)21-16(24)27-15/h5-6,8-9,18H,1-4,7,17H2,(H,20,26). The number of anilines is 2. The van der Waals surface area contributed by atoms with E-state index in [2.05, 4.69) is 30.6 Å². The van der Waals surface area contributed by atoms with Crippen molar-refractivity contribution in [3.63, 3.8) is 0 Å². The van der Waals surface area contributed by atoms with Crippen molar-refractivity contribution < 1.29 is 4.79 Å². The molecule has 0 atom stereocenters. The summed E-state index contributed by atoms with van der Waals surface area (Å²) in [7, 11) is 0. The highest BCUT2D eigenvalue weighted by Gasteiger charge is 2.18. The van der Waals surface area contributed by atoms with Crippen molar-refractivity contribution in [1.82, 2.24) is 24.9 Å². The molecule has 4 heterocycles. The van der Waals surface area contributed by atoms with E-state index in [4.69, 9.17) is 5.73 Å². The topological polar surface area (TPSA) is 131 Å². The van der Waals surface area contributed by atoms with Gasteiger partial charge in [-0.05, 0) is 6.07 Å². The van der Waals surface area contributed by atoms with Crippen LogP contribution in [0.5, 0.6) is 0 Å². The van der Waals surface area contributed by atoms with E-state index in [1.54, 1.807) is 16.8 Å². The largest absolute Gasteiger partial charge is 0.354 e. The van der Waals surface area contributed by atoms with E-state index in [0.29, 0.717) is 15.7 Å². The molecule has 4 N–H and O–H groups in total. The molecule has 1 amide bonds. The highest BCUT2D eigenvalue weighted by atomic mass is 32.1. The van der Waals surface area contributed by atoms with Crippen LogP contribution in [0.25, 0.3) is 15.5 Å². The van der Waals surface area contributed by atoms with E-state index in [1.165, 1.54) is 23.6 Å². The van der Waals surface area contributed by atoms with Crippen LogP contribution in [0, 0.1) is 0 Å². The minimum Gasteiger partial charge on any atom is -0.354 e. The quantitative estimate of drug-likeness (QED) is 0.548. The van der Waals surface area contributed by atoms with Crippen LogP contribution in [0.4, 0.5) is 11.5 Å². The lowest BCUT2D eigenvalue weighted by Crippen LogP contribution is -2.44. The summed E-state index contributed by atoms with van der Waals surface area (Å²) in [5.74, 6) is 0.431. The number of carbonyl (C=O) groups excluding carboxylic acids is 1. The Morgan fingerprint density at radius 2 is 2.11 bits per heavy atom. The third kappa shape index (κ3) is 3.65. The zero-order valence-electron chi connectivity index (χ0n) is 14.4. The number of aromatic nitrogens is 4. The third-order valence-corrected chi connectivity index (χ3v) is 5.09. The Kier molecular flexibility index (Phi) is 4.79. The molecule has 3 aromatic heterocycles. The Hall–Kier alpha value is -2.89. The van der Waals surface area contributed by atoms with Gasteiger partial charge in [0.2, 0.25) is 10.9 Å². The van der Waals surface area contributed by atoms with Crippen molar-refractivity contribution in [3.8, 4) is 10.6 Å². The lowest BCUT2D eigenvalue weighted by Gasteiger charge is -2.28. The fourth-order valence-electron chi connectivity index (χ4n) is 2.87. The highest BCUT2D eigenvalue weighted by Crippen LogP contribution is 2.28. The van der Waals surface area contributed by atoms with Gasteiger partial charge in [0.05, 0.1) is 18.4 Å². The van der Waals surface area contributed by atoms with Gasteiger partial charge in [-0.2, -0.15) is 14.6 Å². The number of fused-ring (bicyclic) bond motifs is 1. The van der Waals surface area contributed by atoms with Crippen LogP contribution in [0.2, 0.25) is 0 Å². The molecular formula is C16H18N8O2S. The fourth-order valence-corrected chi connectivity index (χ4v) is 3.76. The van der Waals surface area contributed by atoms with Gasteiger partial charge in [0.15, 0.2) is 0 Å². The van der Waals surface area contributed by atoms with E-state index >= 15 is 0 Å². The number of hydrogen-bond acceptors (Lipinski definition) is 9. The first-order valence-corrected chi connectivity index (χ1v) is 9.27. The Morgan fingerprint density at radius 1 is 1.30 bits per heavy atom. The molecule has 3 aromatic rings. The van der Waals surface area contributed by atoms with Crippen LogP contribution in [0.3, 0.4) is 0 Å². The zero-order valence-corrected chi connectivity index (χ0v) is 15.2. The molecule has 0 unspecified atom stereocenters. The fraction of sp³-hybridized carbons (Fsp3) is 0.312. The number of pyridine rings is 1. The van der Waals surface area contributed by atoms with Crippen molar-refractivity contribution in [2.24, 2.45) is 5.73 Å². The summed E-state index contributed by atoms with van der Waals surface area (Å²) in [6, 6.07) is 3.28. The molecular weight excluding hydrogens is 368 g/mol. The summed E-state index contributed by atoms with van der Waals surface area (Å²) in [6.45, 7) is 3.18. The monoisotopic (exact) mass is 386 g/mol. The van der Waals surface area contributed by atoms with E-state index in [9.17, 15) is 9.59 Å². The number of nitrogens with one attached hydrogen (secondary N) is 2. The SMILES string of the molecule is NCC(=O)Nc1cncc(-c2nn3c(N4CCNCC4)cc(=O)nc3s2)c1. The summed E-state index contributed by atoms with van der Waals surface area (Å²) in [6.07, 6.45) is 3.19. The van der Waals surface area contributed by atoms with Crippen molar-refractivity contribution >= 4 is 33.7 Å². The molecule has 10 nitrogen and oxygen atoms in total. The van der Waals surface area contributed by atoms with Gasteiger partial charge < -0.3 is 21.3 Å². The van der Waals surface area contributed by atoms with E-state index in [1.807, 2.05) is 0 Å².